The highest BCUT2D eigenvalue weighted by atomic mass is 35.5. The number of nitrogens with one attached hydrogen (secondary N) is 2. The average Bonchev–Trinajstić information content (AvgIpc) is 2.90. The third-order valence-electron chi connectivity index (χ3n) is 3.31. The molecule has 21 heavy (non-hydrogen) atoms. The number of aromatic nitrogens is 1. The Balaban J connectivity index is 2.01. The van der Waals surface area contributed by atoms with E-state index >= 15 is 0 Å². The van der Waals surface area contributed by atoms with Crippen LogP contribution in [0.5, 0.6) is 0 Å². The Bertz CT molecular complexity index is 759. The summed E-state index contributed by atoms with van der Waals surface area (Å²) in [5, 5.41) is 3.23. The number of H-pyrrole nitrogens is 1. The second kappa shape index (κ2) is 5.20. The SMILES string of the molecule is O=C1CN(C(=O)c2cc3c(Cl)c(Cl)cc(F)c3[nH]2)CCN1. The van der Waals surface area contributed by atoms with Crippen molar-refractivity contribution in [2.75, 3.05) is 19.6 Å². The van der Waals surface area contributed by atoms with Crippen LogP contribution < -0.4 is 5.32 Å². The molecule has 1 aliphatic heterocycles. The van der Waals surface area contributed by atoms with Gasteiger partial charge in [0.05, 0.1) is 22.1 Å². The molecule has 1 aliphatic rings. The molecule has 0 spiro atoms. The van der Waals surface area contributed by atoms with Crippen LogP contribution in [0.4, 0.5) is 4.39 Å². The second-order valence-electron chi connectivity index (χ2n) is 4.70. The summed E-state index contributed by atoms with van der Waals surface area (Å²) in [6.07, 6.45) is 0. The summed E-state index contributed by atoms with van der Waals surface area (Å²) < 4.78 is 13.8. The molecule has 1 saturated heterocycles. The number of carbonyl (C=O) groups is 2. The van der Waals surface area contributed by atoms with Crippen LogP contribution in [0.1, 0.15) is 10.5 Å². The predicted molar refractivity (Wildman–Crippen MR) is 77.2 cm³/mol. The number of carbonyl (C=O) groups excluding carboxylic acids is 2. The molecule has 8 heteroatoms. The maximum atomic E-state index is 13.8. The van der Waals surface area contributed by atoms with Gasteiger partial charge in [-0.05, 0) is 12.1 Å². The summed E-state index contributed by atoms with van der Waals surface area (Å²) in [7, 11) is 0. The van der Waals surface area contributed by atoms with E-state index < -0.39 is 5.82 Å². The first-order chi connectivity index (χ1) is 9.97. The standard InChI is InChI=1S/C13H10Cl2FN3O2/c14-7-4-8(16)12-6(11(7)15)3-9(18-12)13(21)19-2-1-17-10(20)5-19/h3-4,18H,1-2,5H2,(H,17,20). The Morgan fingerprint density at radius 1 is 1.33 bits per heavy atom. The first kappa shape index (κ1) is 14.2. The molecule has 0 aliphatic carbocycles. The Kier molecular flexibility index (Phi) is 3.51. The lowest BCUT2D eigenvalue weighted by Gasteiger charge is -2.26. The molecule has 0 bridgehead atoms. The van der Waals surface area contributed by atoms with Crippen LogP contribution in [0.15, 0.2) is 12.1 Å². The van der Waals surface area contributed by atoms with E-state index in [9.17, 15) is 14.0 Å². The maximum Gasteiger partial charge on any atom is 0.270 e. The van der Waals surface area contributed by atoms with Crippen molar-refractivity contribution in [3.05, 3.63) is 33.7 Å². The first-order valence-corrected chi connectivity index (χ1v) is 6.95. The van der Waals surface area contributed by atoms with Gasteiger partial charge in [0.15, 0.2) is 0 Å². The quantitative estimate of drug-likeness (QED) is 0.787. The summed E-state index contributed by atoms with van der Waals surface area (Å²) in [6, 6.07) is 2.53. The number of amides is 2. The minimum absolute atomic E-state index is 0.0226. The molecule has 2 aromatic rings. The third kappa shape index (κ3) is 2.45. The molecule has 2 N–H and O–H groups in total. The number of rotatable bonds is 1. The lowest BCUT2D eigenvalue weighted by molar-refractivity contribution is -0.123. The van der Waals surface area contributed by atoms with Gasteiger partial charge in [-0.2, -0.15) is 0 Å². The van der Waals surface area contributed by atoms with E-state index in [0.717, 1.165) is 6.07 Å². The van der Waals surface area contributed by atoms with E-state index in [-0.39, 0.29) is 39.6 Å². The van der Waals surface area contributed by atoms with Crippen LogP contribution in [0, 0.1) is 5.82 Å². The van der Waals surface area contributed by atoms with Crippen LogP contribution in [0.25, 0.3) is 10.9 Å². The molecule has 0 unspecified atom stereocenters. The average molecular weight is 330 g/mol. The van der Waals surface area contributed by atoms with Crippen molar-refractivity contribution in [1.82, 2.24) is 15.2 Å². The molecular formula is C13H10Cl2FN3O2. The zero-order chi connectivity index (χ0) is 15.1. The van der Waals surface area contributed by atoms with Crippen molar-refractivity contribution in [2.24, 2.45) is 0 Å². The Morgan fingerprint density at radius 3 is 2.81 bits per heavy atom. The van der Waals surface area contributed by atoms with Crippen molar-refractivity contribution in [3.8, 4) is 0 Å². The Hall–Kier alpha value is -1.79. The molecule has 0 atom stereocenters. The van der Waals surface area contributed by atoms with E-state index in [0.29, 0.717) is 18.5 Å². The van der Waals surface area contributed by atoms with Gasteiger partial charge in [-0.1, -0.05) is 23.2 Å². The fourth-order valence-corrected chi connectivity index (χ4v) is 2.69. The van der Waals surface area contributed by atoms with E-state index in [1.165, 1.54) is 11.0 Å². The number of aromatic amines is 1. The molecular weight excluding hydrogens is 320 g/mol. The van der Waals surface area contributed by atoms with Gasteiger partial charge in [0.2, 0.25) is 5.91 Å². The van der Waals surface area contributed by atoms with Crippen LogP contribution in [-0.4, -0.2) is 41.3 Å². The fourth-order valence-electron chi connectivity index (χ4n) is 2.29. The molecule has 110 valence electrons. The number of benzene rings is 1. The summed E-state index contributed by atoms with van der Waals surface area (Å²) in [6.45, 7) is 0.772. The highest BCUT2D eigenvalue weighted by Gasteiger charge is 2.24. The Morgan fingerprint density at radius 2 is 2.10 bits per heavy atom. The van der Waals surface area contributed by atoms with Gasteiger partial charge in [-0.25, -0.2) is 4.39 Å². The molecule has 1 aromatic heterocycles. The van der Waals surface area contributed by atoms with Crippen LogP contribution in [0.3, 0.4) is 0 Å². The summed E-state index contributed by atoms with van der Waals surface area (Å²) in [4.78, 5) is 27.7. The van der Waals surface area contributed by atoms with Crippen molar-refractivity contribution >= 4 is 45.9 Å². The van der Waals surface area contributed by atoms with Crippen molar-refractivity contribution < 1.29 is 14.0 Å². The summed E-state index contributed by atoms with van der Waals surface area (Å²) >= 11 is 11.8. The second-order valence-corrected chi connectivity index (χ2v) is 5.49. The highest BCUT2D eigenvalue weighted by Crippen LogP contribution is 2.33. The fraction of sp³-hybridized carbons (Fsp3) is 0.231. The van der Waals surface area contributed by atoms with E-state index in [1.807, 2.05) is 0 Å². The molecule has 0 radical (unpaired) electrons. The first-order valence-electron chi connectivity index (χ1n) is 6.19. The summed E-state index contributed by atoms with van der Waals surface area (Å²) in [5.74, 6) is -1.19. The smallest absolute Gasteiger partial charge is 0.270 e. The zero-order valence-electron chi connectivity index (χ0n) is 10.7. The van der Waals surface area contributed by atoms with Gasteiger partial charge >= 0.3 is 0 Å². The topological polar surface area (TPSA) is 65.2 Å². The number of piperazine rings is 1. The number of halogens is 3. The number of fused-ring (bicyclic) bond motifs is 1. The lowest BCUT2D eigenvalue weighted by atomic mass is 10.2. The molecule has 2 heterocycles. The summed E-state index contributed by atoms with van der Waals surface area (Å²) in [5.41, 5.74) is 0.289. The highest BCUT2D eigenvalue weighted by molar-refractivity contribution is 6.45. The largest absolute Gasteiger partial charge is 0.353 e. The van der Waals surface area contributed by atoms with Crippen molar-refractivity contribution in [3.63, 3.8) is 0 Å². The van der Waals surface area contributed by atoms with Gasteiger partial charge < -0.3 is 15.2 Å². The predicted octanol–water partition coefficient (Wildman–Crippen LogP) is 2.19. The Labute approximate surface area is 129 Å². The molecule has 1 fully saturated rings. The van der Waals surface area contributed by atoms with E-state index in [4.69, 9.17) is 23.2 Å². The molecule has 0 saturated carbocycles. The van der Waals surface area contributed by atoms with Gasteiger partial charge in [-0.3, -0.25) is 9.59 Å². The molecule has 5 nitrogen and oxygen atoms in total. The van der Waals surface area contributed by atoms with Gasteiger partial charge in [-0.15, -0.1) is 0 Å². The van der Waals surface area contributed by atoms with Gasteiger partial charge in [0.1, 0.15) is 11.5 Å². The molecule has 1 aromatic carbocycles. The van der Waals surface area contributed by atoms with E-state index in [2.05, 4.69) is 10.3 Å². The molecule has 3 rings (SSSR count). The third-order valence-corrected chi connectivity index (χ3v) is 4.11. The number of hydrogen-bond donors (Lipinski definition) is 2. The minimum Gasteiger partial charge on any atom is -0.353 e. The van der Waals surface area contributed by atoms with Gasteiger partial charge in [0.25, 0.3) is 5.91 Å². The monoisotopic (exact) mass is 329 g/mol. The maximum absolute atomic E-state index is 13.8. The van der Waals surface area contributed by atoms with Gasteiger partial charge in [0, 0.05) is 18.5 Å². The molecule has 2 amide bonds. The zero-order valence-corrected chi connectivity index (χ0v) is 12.2. The van der Waals surface area contributed by atoms with Crippen LogP contribution >= 0.6 is 23.2 Å². The minimum atomic E-state index is -0.588. The number of hydrogen-bond acceptors (Lipinski definition) is 2. The van der Waals surface area contributed by atoms with Crippen molar-refractivity contribution in [1.29, 1.82) is 0 Å². The van der Waals surface area contributed by atoms with Crippen LogP contribution in [-0.2, 0) is 4.79 Å². The number of nitrogens with zero attached hydrogens (tertiary/aromatic N) is 1. The van der Waals surface area contributed by atoms with Crippen LogP contribution in [0.2, 0.25) is 10.0 Å². The lowest BCUT2D eigenvalue weighted by Crippen LogP contribution is -2.50. The normalized spacial score (nSPS) is 15.4. The van der Waals surface area contributed by atoms with Crippen molar-refractivity contribution in [2.45, 2.75) is 0 Å². The van der Waals surface area contributed by atoms with E-state index in [1.54, 1.807) is 0 Å².